The van der Waals surface area contributed by atoms with Crippen LogP contribution in [-0.2, 0) is 16.1 Å². The second-order valence-corrected chi connectivity index (χ2v) is 7.37. The Morgan fingerprint density at radius 2 is 2.10 bits per heavy atom. The Hall–Kier alpha value is -3.69. The van der Waals surface area contributed by atoms with Gasteiger partial charge in [0.05, 0.1) is 31.0 Å². The highest BCUT2D eigenvalue weighted by Crippen LogP contribution is 2.32. The lowest BCUT2D eigenvalue weighted by Crippen LogP contribution is -2.34. The highest BCUT2D eigenvalue weighted by Gasteiger charge is 2.33. The third-order valence-corrected chi connectivity index (χ3v) is 5.13. The average Bonchev–Trinajstić information content (AvgIpc) is 3.50. The summed E-state index contributed by atoms with van der Waals surface area (Å²) in [5, 5.41) is 14.7. The molecule has 1 fully saturated rings. The minimum Gasteiger partial charge on any atom is -0.493 e. The van der Waals surface area contributed by atoms with E-state index in [0.29, 0.717) is 23.6 Å². The molecule has 10 heteroatoms. The smallest absolute Gasteiger partial charge is 0.244 e. The summed E-state index contributed by atoms with van der Waals surface area (Å²) in [6.45, 7) is 2.82. The van der Waals surface area contributed by atoms with Gasteiger partial charge >= 0.3 is 0 Å². The fourth-order valence-electron chi connectivity index (χ4n) is 3.64. The van der Waals surface area contributed by atoms with Gasteiger partial charge in [-0.2, -0.15) is 5.10 Å². The Bertz CT molecular complexity index is 1030. The summed E-state index contributed by atoms with van der Waals surface area (Å²) in [6, 6.07) is 9.20. The Kier molecular flexibility index (Phi) is 6.25. The maximum absolute atomic E-state index is 12.8. The van der Waals surface area contributed by atoms with Crippen molar-refractivity contribution in [3.05, 3.63) is 54.1 Å². The zero-order valence-corrected chi connectivity index (χ0v) is 17.2. The minimum atomic E-state index is -0.185. The van der Waals surface area contributed by atoms with Crippen molar-refractivity contribution in [3.8, 4) is 5.75 Å². The molecule has 10 nitrogen and oxygen atoms in total. The number of hydrogen-bond donors (Lipinski definition) is 1. The molecule has 0 saturated carbocycles. The number of nitrogens with zero attached hydrogens (tertiary/aromatic N) is 5. The van der Waals surface area contributed by atoms with Crippen molar-refractivity contribution in [2.75, 3.05) is 18.5 Å². The molecule has 0 bridgehead atoms. The minimum absolute atomic E-state index is 0.0675. The second-order valence-electron chi connectivity index (χ2n) is 7.37. The molecule has 1 atom stereocenters. The number of ether oxygens (including phenoxy) is 1. The third-order valence-electron chi connectivity index (χ3n) is 5.13. The normalized spacial score (nSPS) is 15.8. The van der Waals surface area contributed by atoms with Crippen LogP contribution in [0.3, 0.4) is 0 Å². The number of aryl methyl sites for hydroxylation is 1. The van der Waals surface area contributed by atoms with Crippen LogP contribution in [-0.4, -0.2) is 50.0 Å². The highest BCUT2D eigenvalue weighted by atomic mass is 16.6. The lowest BCUT2D eigenvalue weighted by molar-refractivity contribution is -0.133. The Morgan fingerprint density at radius 1 is 1.26 bits per heavy atom. The van der Waals surface area contributed by atoms with Crippen molar-refractivity contribution in [1.29, 1.82) is 0 Å². The van der Waals surface area contributed by atoms with Gasteiger partial charge in [0.15, 0.2) is 0 Å². The van der Waals surface area contributed by atoms with Crippen molar-refractivity contribution < 1.29 is 19.0 Å². The van der Waals surface area contributed by atoms with Crippen LogP contribution < -0.4 is 10.1 Å². The van der Waals surface area contributed by atoms with E-state index in [9.17, 15) is 9.59 Å². The van der Waals surface area contributed by atoms with Crippen molar-refractivity contribution in [3.63, 3.8) is 0 Å². The zero-order chi connectivity index (χ0) is 21.6. The Morgan fingerprint density at radius 3 is 2.87 bits per heavy atom. The maximum Gasteiger partial charge on any atom is 0.244 e. The SMILES string of the molecule is Cc1nonc1C1CCCN1C(=O)Cn1cc(NC(=O)CCOc2ccccc2)cn1. The van der Waals surface area contributed by atoms with Gasteiger partial charge in [-0.05, 0) is 31.9 Å². The molecule has 1 unspecified atom stereocenters. The van der Waals surface area contributed by atoms with Crippen LogP contribution in [0.4, 0.5) is 5.69 Å². The van der Waals surface area contributed by atoms with Gasteiger partial charge in [-0.3, -0.25) is 14.3 Å². The maximum atomic E-state index is 12.8. The number of carbonyl (C=O) groups is 2. The van der Waals surface area contributed by atoms with Crippen LogP contribution in [0.5, 0.6) is 5.75 Å². The predicted molar refractivity (Wildman–Crippen MR) is 110 cm³/mol. The molecule has 3 aromatic rings. The molecule has 1 N–H and O–H groups in total. The zero-order valence-electron chi connectivity index (χ0n) is 17.2. The standard InChI is InChI=1S/C21H24N6O4/c1-15-21(25-31-24-15)18-8-5-10-27(18)20(29)14-26-13-16(12-22-26)23-19(28)9-11-30-17-6-3-2-4-7-17/h2-4,6-7,12-13,18H,5,8-11,14H2,1H3,(H,23,28). The predicted octanol–water partition coefficient (Wildman–Crippen LogP) is 2.35. The summed E-state index contributed by atoms with van der Waals surface area (Å²) in [5.74, 6) is 0.469. The monoisotopic (exact) mass is 424 g/mol. The number of carbonyl (C=O) groups excluding carboxylic acids is 2. The first-order valence-corrected chi connectivity index (χ1v) is 10.2. The molecule has 2 aromatic heterocycles. The number of anilines is 1. The lowest BCUT2D eigenvalue weighted by Gasteiger charge is -2.23. The molecule has 162 valence electrons. The van der Waals surface area contributed by atoms with Gasteiger partial charge in [0.25, 0.3) is 0 Å². The van der Waals surface area contributed by atoms with Gasteiger partial charge in [0.2, 0.25) is 11.8 Å². The summed E-state index contributed by atoms with van der Waals surface area (Å²) < 4.78 is 11.8. The number of hydrogen-bond acceptors (Lipinski definition) is 7. The molecule has 4 rings (SSSR count). The van der Waals surface area contributed by atoms with Crippen LogP contribution in [0.25, 0.3) is 0 Å². The van der Waals surface area contributed by atoms with Gasteiger partial charge in [-0.15, -0.1) is 0 Å². The van der Waals surface area contributed by atoms with E-state index in [0.717, 1.165) is 18.6 Å². The molecule has 0 spiro atoms. The van der Waals surface area contributed by atoms with Gasteiger partial charge in [0.1, 0.15) is 23.7 Å². The van der Waals surface area contributed by atoms with Crippen molar-refractivity contribution in [2.45, 2.75) is 38.8 Å². The molecular weight excluding hydrogens is 400 g/mol. The molecule has 3 heterocycles. The van der Waals surface area contributed by atoms with Crippen LogP contribution in [0.2, 0.25) is 0 Å². The number of amides is 2. The Labute approximate surface area is 179 Å². The summed E-state index contributed by atoms with van der Waals surface area (Å²) in [5.41, 5.74) is 1.94. The lowest BCUT2D eigenvalue weighted by atomic mass is 10.1. The molecule has 1 saturated heterocycles. The van der Waals surface area contributed by atoms with E-state index in [-0.39, 0.29) is 37.4 Å². The first kappa shape index (κ1) is 20.6. The van der Waals surface area contributed by atoms with E-state index in [1.165, 1.54) is 10.9 Å². The number of benzene rings is 1. The fourth-order valence-corrected chi connectivity index (χ4v) is 3.64. The van der Waals surface area contributed by atoms with E-state index < -0.39 is 0 Å². The summed E-state index contributed by atoms with van der Waals surface area (Å²) in [4.78, 5) is 26.7. The van der Waals surface area contributed by atoms with Gasteiger partial charge in [-0.25, -0.2) is 4.63 Å². The van der Waals surface area contributed by atoms with Crippen LogP contribution in [0.15, 0.2) is 47.4 Å². The molecular formula is C21H24N6O4. The first-order valence-electron chi connectivity index (χ1n) is 10.2. The topological polar surface area (TPSA) is 115 Å². The third kappa shape index (κ3) is 5.08. The van der Waals surface area contributed by atoms with Crippen molar-refractivity contribution in [1.82, 2.24) is 25.0 Å². The molecule has 31 heavy (non-hydrogen) atoms. The number of para-hydroxylation sites is 1. The molecule has 1 aromatic carbocycles. The van der Waals surface area contributed by atoms with Gasteiger partial charge in [-0.1, -0.05) is 28.5 Å². The van der Waals surface area contributed by atoms with Crippen molar-refractivity contribution >= 4 is 17.5 Å². The molecule has 1 aliphatic heterocycles. The number of rotatable bonds is 8. The number of aromatic nitrogens is 4. The molecule has 0 aliphatic carbocycles. The summed E-state index contributed by atoms with van der Waals surface area (Å²) >= 11 is 0. The summed E-state index contributed by atoms with van der Waals surface area (Å²) in [7, 11) is 0. The molecule has 2 amide bonds. The van der Waals surface area contributed by atoms with Gasteiger partial charge < -0.3 is 15.0 Å². The summed E-state index contributed by atoms with van der Waals surface area (Å²) in [6.07, 6.45) is 5.10. The van der Waals surface area contributed by atoms with E-state index in [4.69, 9.17) is 9.37 Å². The van der Waals surface area contributed by atoms with Crippen LogP contribution in [0, 0.1) is 6.92 Å². The van der Waals surface area contributed by atoms with Crippen LogP contribution >= 0.6 is 0 Å². The largest absolute Gasteiger partial charge is 0.493 e. The average molecular weight is 424 g/mol. The van der Waals surface area contributed by atoms with Gasteiger partial charge in [0, 0.05) is 12.7 Å². The number of nitrogens with one attached hydrogen (secondary N) is 1. The second kappa shape index (κ2) is 9.41. The van der Waals surface area contributed by atoms with E-state index in [2.05, 4.69) is 20.7 Å². The fraction of sp³-hybridized carbons (Fsp3) is 0.381. The first-order chi connectivity index (χ1) is 15.1. The number of likely N-dealkylation sites (tertiary alicyclic amines) is 1. The van der Waals surface area contributed by atoms with Crippen LogP contribution in [0.1, 0.15) is 36.7 Å². The highest BCUT2D eigenvalue weighted by molar-refractivity contribution is 5.90. The van der Waals surface area contributed by atoms with E-state index in [1.807, 2.05) is 37.3 Å². The van der Waals surface area contributed by atoms with E-state index in [1.54, 1.807) is 11.1 Å². The van der Waals surface area contributed by atoms with E-state index >= 15 is 0 Å². The quantitative estimate of drug-likeness (QED) is 0.590. The van der Waals surface area contributed by atoms with Crippen molar-refractivity contribution in [2.24, 2.45) is 0 Å². The molecule has 1 aliphatic rings. The molecule has 0 radical (unpaired) electrons. The Balaban J connectivity index is 1.27.